The monoisotopic (exact) mass is 428 g/mol. The Morgan fingerprint density at radius 1 is 0.964 bits per heavy atom. The third-order valence-electron chi connectivity index (χ3n) is 3.92. The molecule has 28 heavy (non-hydrogen) atoms. The first-order chi connectivity index (χ1) is 12.8. The number of carbonyl (C=O) groups excluding carboxylic acids is 2. The molecule has 0 bridgehead atoms. The first-order valence-electron chi connectivity index (χ1n) is 8.84. The molecule has 1 rings (SSSR count). The second-order valence-corrected chi connectivity index (χ2v) is 8.63. The van der Waals surface area contributed by atoms with Crippen molar-refractivity contribution in [3.63, 3.8) is 0 Å². The van der Waals surface area contributed by atoms with Crippen LogP contribution in [0.5, 0.6) is 0 Å². The van der Waals surface area contributed by atoms with Gasteiger partial charge in [-0.25, -0.2) is 0 Å². The molecule has 3 N–H and O–H groups in total. The second-order valence-electron chi connectivity index (χ2n) is 6.54. The summed E-state index contributed by atoms with van der Waals surface area (Å²) < 4.78 is 38.6. The van der Waals surface area contributed by atoms with E-state index in [4.69, 9.17) is 23.3 Å². The van der Waals surface area contributed by atoms with Crippen LogP contribution in [0.3, 0.4) is 0 Å². The average molecular weight is 428 g/mol. The lowest BCUT2D eigenvalue weighted by atomic mass is 9.94. The Balaban J connectivity index is 2.84. The summed E-state index contributed by atoms with van der Waals surface area (Å²) in [4.78, 5) is 22.1. The van der Waals surface area contributed by atoms with Gasteiger partial charge in [0.05, 0.1) is 18.4 Å². The molecule has 11 nitrogen and oxygen atoms in total. The van der Waals surface area contributed by atoms with Gasteiger partial charge in [0.15, 0.2) is 0 Å². The summed E-state index contributed by atoms with van der Waals surface area (Å²) in [6.45, 7) is 6.48. The Morgan fingerprint density at radius 3 is 1.86 bits per heavy atom. The highest BCUT2D eigenvalue weighted by atomic mass is 31.2. The van der Waals surface area contributed by atoms with E-state index in [9.17, 15) is 29.5 Å². The van der Waals surface area contributed by atoms with E-state index in [0.717, 1.165) is 13.8 Å². The Kier molecular flexibility index (Phi) is 9.48. The molecule has 7 atom stereocenters. The zero-order chi connectivity index (χ0) is 21.6. The van der Waals surface area contributed by atoms with Crippen molar-refractivity contribution in [2.24, 2.45) is 0 Å². The summed E-state index contributed by atoms with van der Waals surface area (Å²) in [6, 6.07) is 0. The highest BCUT2D eigenvalue weighted by Crippen LogP contribution is 2.52. The minimum Gasteiger partial charge on any atom is -0.436 e. The van der Waals surface area contributed by atoms with Gasteiger partial charge in [-0.05, 0) is 27.2 Å². The number of hydrogen-bond acceptors (Lipinski definition) is 11. The molecule has 0 amide bonds. The number of esters is 2. The third-order valence-corrected chi connectivity index (χ3v) is 5.96. The van der Waals surface area contributed by atoms with Gasteiger partial charge >= 0.3 is 19.5 Å². The molecule has 0 saturated carbocycles. The number of rotatable bonds is 9. The molecule has 12 heteroatoms. The van der Waals surface area contributed by atoms with E-state index in [1.165, 1.54) is 20.8 Å². The molecule has 1 aliphatic heterocycles. The lowest BCUT2D eigenvalue weighted by Gasteiger charge is -2.39. The van der Waals surface area contributed by atoms with Crippen LogP contribution >= 0.6 is 7.60 Å². The predicted octanol–water partition coefficient (Wildman–Crippen LogP) is 0.291. The van der Waals surface area contributed by atoms with Crippen molar-refractivity contribution >= 4 is 19.5 Å². The molecule has 0 radical (unpaired) electrons. The van der Waals surface area contributed by atoms with E-state index < -0.39 is 62.6 Å². The highest BCUT2D eigenvalue weighted by Gasteiger charge is 2.43. The van der Waals surface area contributed by atoms with Crippen molar-refractivity contribution in [3.8, 4) is 0 Å². The molecular formula is C16H29O11P. The molecule has 1 heterocycles. The van der Waals surface area contributed by atoms with Crippen LogP contribution in [-0.2, 0) is 37.4 Å². The predicted molar refractivity (Wildman–Crippen MR) is 94.1 cm³/mol. The minimum atomic E-state index is -3.98. The van der Waals surface area contributed by atoms with E-state index >= 15 is 0 Å². The fourth-order valence-electron chi connectivity index (χ4n) is 2.75. The summed E-state index contributed by atoms with van der Waals surface area (Å²) in [5, 5.41) is 29.7. The van der Waals surface area contributed by atoms with E-state index in [0.29, 0.717) is 0 Å². The van der Waals surface area contributed by atoms with Gasteiger partial charge in [-0.3, -0.25) is 23.2 Å². The van der Waals surface area contributed by atoms with Crippen LogP contribution in [0, 0.1) is 0 Å². The Bertz CT molecular complexity index is 555. The first-order valence-corrected chi connectivity index (χ1v) is 10.6. The second kappa shape index (κ2) is 10.6. The van der Waals surface area contributed by atoms with Crippen LogP contribution in [0.2, 0.25) is 0 Å². The number of carbonyl (C=O) groups is 2. The Hall–Kier alpha value is -1.07. The smallest absolute Gasteiger partial charge is 0.336 e. The zero-order valence-electron chi connectivity index (χ0n) is 16.5. The van der Waals surface area contributed by atoms with E-state index in [1.54, 1.807) is 0 Å². The first kappa shape index (κ1) is 25.0. The molecule has 0 aromatic rings. The molecule has 0 aromatic carbocycles. The normalized spacial score (nSPS) is 32.1. The zero-order valence-corrected chi connectivity index (χ0v) is 17.4. The van der Waals surface area contributed by atoms with Crippen LogP contribution in [0.4, 0.5) is 0 Å². The van der Waals surface area contributed by atoms with Gasteiger partial charge in [-0.15, -0.1) is 0 Å². The van der Waals surface area contributed by atoms with Gasteiger partial charge in [0.25, 0.3) is 0 Å². The molecule has 0 aromatic heterocycles. The summed E-state index contributed by atoms with van der Waals surface area (Å²) in [7, 11) is -3.98. The molecule has 0 spiro atoms. The number of aliphatic hydroxyl groups is 3. The van der Waals surface area contributed by atoms with Crippen molar-refractivity contribution < 1.29 is 52.7 Å². The lowest BCUT2D eigenvalue weighted by Crippen LogP contribution is -2.56. The maximum absolute atomic E-state index is 13.1. The highest BCUT2D eigenvalue weighted by molar-refractivity contribution is 7.53. The Morgan fingerprint density at radius 2 is 1.43 bits per heavy atom. The van der Waals surface area contributed by atoms with E-state index in [1.807, 2.05) is 0 Å². The fourth-order valence-corrected chi connectivity index (χ4v) is 4.58. The molecule has 0 aliphatic carbocycles. The molecule has 1 fully saturated rings. The SMILES string of the molecule is CC(=O)OC(C)OP(=O)(CC[C@H]1O[C@H](C)[C@@H](O)[C@@H](O)[C@@H]1O)OC(C)OC(C)=O. The van der Waals surface area contributed by atoms with Crippen molar-refractivity contribution in [2.45, 2.75) is 84.1 Å². The van der Waals surface area contributed by atoms with Gasteiger partial charge in [0.2, 0.25) is 12.6 Å². The van der Waals surface area contributed by atoms with Crippen LogP contribution in [0.15, 0.2) is 0 Å². The van der Waals surface area contributed by atoms with Crippen molar-refractivity contribution in [3.05, 3.63) is 0 Å². The van der Waals surface area contributed by atoms with Crippen molar-refractivity contribution in [1.29, 1.82) is 0 Å². The van der Waals surface area contributed by atoms with Crippen molar-refractivity contribution in [1.82, 2.24) is 0 Å². The van der Waals surface area contributed by atoms with Crippen LogP contribution in [0.1, 0.15) is 41.0 Å². The van der Waals surface area contributed by atoms with Gasteiger partial charge in [0.1, 0.15) is 18.3 Å². The van der Waals surface area contributed by atoms with Crippen LogP contribution < -0.4 is 0 Å². The van der Waals surface area contributed by atoms with Crippen LogP contribution in [-0.4, -0.2) is 76.5 Å². The molecule has 1 saturated heterocycles. The standard InChI is InChI=1S/C16H29O11P/c1-8-14(19)16(21)15(20)13(23-8)6-7-28(22,26-11(4)24-9(2)17)27-12(5)25-10(3)18/h8,11-16,19-21H,6-7H2,1-5H3/t8-,11?,12?,13-,14-,15-,16-,28?/m1/s1. The number of aliphatic hydroxyl groups excluding tert-OH is 3. The summed E-state index contributed by atoms with van der Waals surface area (Å²) in [5.41, 5.74) is 0. The third kappa shape index (κ3) is 7.75. The van der Waals surface area contributed by atoms with Gasteiger partial charge in [-0.1, -0.05) is 0 Å². The largest absolute Gasteiger partial charge is 0.436 e. The average Bonchev–Trinajstić information content (AvgIpc) is 2.53. The van der Waals surface area contributed by atoms with E-state index in [2.05, 4.69) is 0 Å². The summed E-state index contributed by atoms with van der Waals surface area (Å²) in [6.07, 6.45) is -8.64. The van der Waals surface area contributed by atoms with Crippen molar-refractivity contribution in [2.75, 3.05) is 6.16 Å². The van der Waals surface area contributed by atoms with Crippen LogP contribution in [0.25, 0.3) is 0 Å². The van der Waals surface area contributed by atoms with Gasteiger partial charge < -0.3 is 29.5 Å². The van der Waals surface area contributed by atoms with E-state index in [-0.39, 0.29) is 12.6 Å². The number of ether oxygens (including phenoxy) is 3. The fraction of sp³-hybridized carbons (Fsp3) is 0.875. The molecule has 2 unspecified atom stereocenters. The lowest BCUT2D eigenvalue weighted by molar-refractivity contribution is -0.217. The quantitative estimate of drug-likeness (QED) is 0.263. The molecule has 164 valence electrons. The number of hydrogen-bond donors (Lipinski definition) is 3. The Labute approximate surface area is 163 Å². The topological polar surface area (TPSA) is 158 Å². The molecular weight excluding hydrogens is 399 g/mol. The van der Waals surface area contributed by atoms with Gasteiger partial charge in [-0.2, -0.15) is 0 Å². The molecule has 1 aliphatic rings. The maximum atomic E-state index is 13.1. The summed E-state index contributed by atoms with van der Waals surface area (Å²) >= 11 is 0. The maximum Gasteiger partial charge on any atom is 0.336 e. The van der Waals surface area contributed by atoms with Gasteiger partial charge in [0, 0.05) is 13.8 Å². The minimum absolute atomic E-state index is 0.0772. The summed E-state index contributed by atoms with van der Waals surface area (Å²) in [5.74, 6) is -1.33.